The molecule has 2 fully saturated rings. The Morgan fingerprint density at radius 2 is 1.27 bits per heavy atom. The molecule has 0 unspecified atom stereocenters. The quantitative estimate of drug-likeness (QED) is 0.194. The Morgan fingerprint density at radius 1 is 0.697 bits per heavy atom. The molecule has 2 aliphatic rings. The topological polar surface area (TPSA) is 0 Å². The molecule has 0 bridgehead atoms. The molecule has 0 nitrogen and oxygen atoms in total. The van der Waals surface area contributed by atoms with Crippen molar-refractivity contribution >= 4 is 0 Å². The van der Waals surface area contributed by atoms with Crippen LogP contribution in [0.15, 0.2) is 36.4 Å². The van der Waals surface area contributed by atoms with Crippen molar-refractivity contribution in [2.75, 3.05) is 6.67 Å². The van der Waals surface area contributed by atoms with Gasteiger partial charge in [-0.1, -0.05) is 94.7 Å². The van der Waals surface area contributed by atoms with E-state index in [1.165, 1.54) is 108 Å². The van der Waals surface area contributed by atoms with E-state index in [2.05, 4.69) is 43.3 Å². The Bertz CT molecular complexity index is 629. The Labute approximate surface area is 204 Å². The Balaban J connectivity index is 1.26. The molecule has 0 aromatic heterocycles. The highest BCUT2D eigenvalue weighted by atomic mass is 19.1. The van der Waals surface area contributed by atoms with Crippen molar-refractivity contribution in [1.82, 2.24) is 0 Å². The van der Waals surface area contributed by atoms with E-state index in [0.29, 0.717) is 6.42 Å². The minimum absolute atomic E-state index is 0.178. The van der Waals surface area contributed by atoms with Crippen molar-refractivity contribution in [1.29, 1.82) is 0 Å². The minimum atomic E-state index is -0.178. The first-order valence-corrected chi connectivity index (χ1v) is 14.6. The normalized spacial score (nSPS) is 26.1. The van der Waals surface area contributed by atoms with Crippen molar-refractivity contribution in [3.05, 3.63) is 47.5 Å². The fourth-order valence-corrected chi connectivity index (χ4v) is 6.36. The molecule has 1 aromatic carbocycles. The zero-order valence-corrected chi connectivity index (χ0v) is 21.6. The third kappa shape index (κ3) is 9.96. The number of hydrogen-bond acceptors (Lipinski definition) is 0. The molecule has 0 spiro atoms. The molecule has 0 radical (unpaired) electrons. The van der Waals surface area contributed by atoms with E-state index in [1.54, 1.807) is 5.56 Å². The Hall–Kier alpha value is -1.11. The van der Waals surface area contributed by atoms with Crippen LogP contribution in [-0.2, 0) is 6.42 Å². The number of unbranched alkanes of at least 4 members (excludes halogenated alkanes) is 3. The van der Waals surface area contributed by atoms with Crippen LogP contribution >= 0.6 is 0 Å². The van der Waals surface area contributed by atoms with E-state index in [9.17, 15) is 4.39 Å². The molecule has 2 aliphatic carbocycles. The second kappa shape index (κ2) is 15.7. The third-order valence-electron chi connectivity index (χ3n) is 8.73. The number of rotatable bonds is 14. The van der Waals surface area contributed by atoms with Gasteiger partial charge in [0.1, 0.15) is 0 Å². The summed E-state index contributed by atoms with van der Waals surface area (Å²) in [6.45, 7) is 2.11. The molecule has 186 valence electrons. The zero-order chi connectivity index (χ0) is 23.1. The van der Waals surface area contributed by atoms with Gasteiger partial charge in [-0.3, -0.25) is 4.39 Å². The largest absolute Gasteiger partial charge is 0.251 e. The van der Waals surface area contributed by atoms with Gasteiger partial charge >= 0.3 is 0 Å². The van der Waals surface area contributed by atoms with E-state index >= 15 is 0 Å². The second-order valence-electron chi connectivity index (χ2n) is 11.3. The molecule has 0 amide bonds. The summed E-state index contributed by atoms with van der Waals surface area (Å²) in [6.07, 6.45) is 28.4. The van der Waals surface area contributed by atoms with Crippen LogP contribution < -0.4 is 0 Å². The predicted molar refractivity (Wildman–Crippen MR) is 143 cm³/mol. The average molecular weight is 455 g/mol. The lowest BCUT2D eigenvalue weighted by atomic mass is 9.74. The van der Waals surface area contributed by atoms with Crippen molar-refractivity contribution in [2.45, 2.75) is 128 Å². The summed E-state index contributed by atoms with van der Waals surface area (Å²) in [5, 5.41) is 0. The van der Waals surface area contributed by atoms with Gasteiger partial charge in [-0.25, -0.2) is 0 Å². The van der Waals surface area contributed by atoms with Gasteiger partial charge in [-0.05, 0) is 99.0 Å². The average Bonchev–Trinajstić information content (AvgIpc) is 2.86. The monoisotopic (exact) mass is 454 g/mol. The molecular formula is C32H51F. The lowest BCUT2D eigenvalue weighted by Crippen LogP contribution is -2.17. The van der Waals surface area contributed by atoms with Gasteiger partial charge < -0.3 is 0 Å². The maximum atomic E-state index is 12.1. The molecule has 0 aliphatic heterocycles. The molecule has 3 rings (SSSR count). The summed E-state index contributed by atoms with van der Waals surface area (Å²) in [7, 11) is 0. The lowest BCUT2D eigenvalue weighted by Gasteiger charge is -2.32. The number of aryl methyl sites for hydroxylation is 1. The number of halogens is 1. The van der Waals surface area contributed by atoms with Crippen LogP contribution in [0.3, 0.4) is 0 Å². The summed E-state index contributed by atoms with van der Waals surface area (Å²) >= 11 is 0. The summed E-state index contributed by atoms with van der Waals surface area (Å²) in [4.78, 5) is 0. The first kappa shape index (κ1) is 26.5. The van der Waals surface area contributed by atoms with Gasteiger partial charge in [0.05, 0.1) is 6.67 Å². The SMILES string of the molecule is CCCCCc1ccc(C2CCC(CC[C@H]3CC[C@H](CC/C=C/CCCF)CC3)CC2)cc1. The molecular weight excluding hydrogens is 403 g/mol. The summed E-state index contributed by atoms with van der Waals surface area (Å²) in [5.41, 5.74) is 3.13. The minimum Gasteiger partial charge on any atom is -0.251 e. The smallest absolute Gasteiger partial charge is 0.0897 e. The molecule has 0 heterocycles. The number of hydrogen-bond donors (Lipinski definition) is 0. The van der Waals surface area contributed by atoms with Crippen LogP contribution in [0.1, 0.15) is 133 Å². The molecule has 0 N–H and O–H groups in total. The Kier molecular flexibility index (Phi) is 12.6. The maximum Gasteiger partial charge on any atom is 0.0897 e. The van der Waals surface area contributed by atoms with Crippen molar-refractivity contribution in [3.63, 3.8) is 0 Å². The molecule has 1 aromatic rings. The highest BCUT2D eigenvalue weighted by molar-refractivity contribution is 5.26. The van der Waals surface area contributed by atoms with E-state index in [-0.39, 0.29) is 6.67 Å². The first-order chi connectivity index (χ1) is 16.3. The molecule has 0 atom stereocenters. The first-order valence-electron chi connectivity index (χ1n) is 14.6. The summed E-state index contributed by atoms with van der Waals surface area (Å²) in [5.74, 6) is 3.74. The van der Waals surface area contributed by atoms with Crippen LogP contribution in [0.2, 0.25) is 0 Å². The molecule has 33 heavy (non-hydrogen) atoms. The standard InChI is InChI=1S/C32H51F/c1-2-3-7-10-28-18-22-31(23-19-28)32-24-20-30(21-25-32)17-16-29-14-12-27(13-15-29)11-8-5-4-6-9-26-33/h4-5,18-19,22-23,27,29-30,32H,2-3,6-17,20-21,24-26H2,1H3/b5-4+/t27-,29-,30?,32?. The number of alkyl halides is 1. The fourth-order valence-electron chi connectivity index (χ4n) is 6.36. The summed E-state index contributed by atoms with van der Waals surface area (Å²) in [6, 6.07) is 9.67. The van der Waals surface area contributed by atoms with Gasteiger partial charge in [-0.2, -0.15) is 0 Å². The number of benzene rings is 1. The van der Waals surface area contributed by atoms with Gasteiger partial charge in [0, 0.05) is 0 Å². The van der Waals surface area contributed by atoms with E-state index < -0.39 is 0 Å². The van der Waals surface area contributed by atoms with Gasteiger partial charge in [-0.15, -0.1) is 0 Å². The maximum absolute atomic E-state index is 12.1. The van der Waals surface area contributed by atoms with Crippen LogP contribution in [0.25, 0.3) is 0 Å². The van der Waals surface area contributed by atoms with Crippen LogP contribution in [-0.4, -0.2) is 6.67 Å². The van der Waals surface area contributed by atoms with Crippen molar-refractivity contribution in [2.24, 2.45) is 17.8 Å². The number of allylic oxidation sites excluding steroid dienone is 2. The summed E-state index contributed by atoms with van der Waals surface area (Å²) < 4.78 is 12.1. The molecule has 2 saturated carbocycles. The van der Waals surface area contributed by atoms with E-state index in [0.717, 1.165) is 30.1 Å². The lowest BCUT2D eigenvalue weighted by molar-refractivity contribution is 0.225. The predicted octanol–water partition coefficient (Wildman–Crippen LogP) is 10.4. The fraction of sp³-hybridized carbons (Fsp3) is 0.750. The molecule has 1 heteroatoms. The van der Waals surface area contributed by atoms with Crippen molar-refractivity contribution < 1.29 is 4.39 Å². The van der Waals surface area contributed by atoms with Gasteiger partial charge in [0.2, 0.25) is 0 Å². The van der Waals surface area contributed by atoms with Gasteiger partial charge in [0.15, 0.2) is 0 Å². The zero-order valence-electron chi connectivity index (χ0n) is 21.6. The van der Waals surface area contributed by atoms with Gasteiger partial charge in [0.25, 0.3) is 0 Å². The third-order valence-corrected chi connectivity index (χ3v) is 8.73. The highest BCUT2D eigenvalue weighted by Gasteiger charge is 2.25. The van der Waals surface area contributed by atoms with Crippen LogP contribution in [0.5, 0.6) is 0 Å². The highest BCUT2D eigenvalue weighted by Crippen LogP contribution is 2.40. The molecule has 0 saturated heterocycles. The Morgan fingerprint density at radius 3 is 1.88 bits per heavy atom. The van der Waals surface area contributed by atoms with E-state index in [1.807, 2.05) is 0 Å². The van der Waals surface area contributed by atoms with Crippen LogP contribution in [0, 0.1) is 17.8 Å². The van der Waals surface area contributed by atoms with Crippen molar-refractivity contribution in [3.8, 4) is 0 Å². The second-order valence-corrected chi connectivity index (χ2v) is 11.3. The van der Waals surface area contributed by atoms with E-state index in [4.69, 9.17) is 0 Å². The van der Waals surface area contributed by atoms with Crippen LogP contribution in [0.4, 0.5) is 4.39 Å².